The average molecular weight is 236 g/mol. The van der Waals surface area contributed by atoms with Gasteiger partial charge in [0.2, 0.25) is 0 Å². The highest BCUT2D eigenvalue weighted by Gasteiger charge is 2.11. The molecule has 74 valence electrons. The third-order valence-electron chi connectivity index (χ3n) is 2.69. The Bertz CT molecular complexity index is 102. The lowest BCUT2D eigenvalue weighted by Crippen LogP contribution is -2.33. The molecular formula is C10H22BrN. The maximum absolute atomic E-state index is 3.55. The Morgan fingerprint density at radius 3 is 2.17 bits per heavy atom. The van der Waals surface area contributed by atoms with Crippen LogP contribution in [0.25, 0.3) is 0 Å². The molecule has 2 heteroatoms. The SMILES string of the molecule is CCC(CBr)CN(C)C(C)CC. The van der Waals surface area contributed by atoms with Crippen molar-refractivity contribution in [2.75, 3.05) is 18.9 Å². The Balaban J connectivity index is 3.72. The first-order valence-corrected chi connectivity index (χ1v) is 6.03. The fraction of sp³-hybridized carbons (Fsp3) is 1.00. The predicted octanol–water partition coefficient (Wildman–Crippen LogP) is 3.14. The van der Waals surface area contributed by atoms with E-state index < -0.39 is 0 Å². The van der Waals surface area contributed by atoms with Gasteiger partial charge in [0.15, 0.2) is 0 Å². The Morgan fingerprint density at radius 2 is 1.83 bits per heavy atom. The van der Waals surface area contributed by atoms with E-state index in [9.17, 15) is 0 Å². The number of hydrogen-bond acceptors (Lipinski definition) is 1. The minimum atomic E-state index is 0.720. The fourth-order valence-corrected chi connectivity index (χ4v) is 1.85. The zero-order valence-corrected chi connectivity index (χ0v) is 10.4. The molecule has 0 aromatic carbocycles. The minimum Gasteiger partial charge on any atom is -0.303 e. The molecule has 2 atom stereocenters. The van der Waals surface area contributed by atoms with Gasteiger partial charge >= 0.3 is 0 Å². The molecule has 0 aromatic heterocycles. The van der Waals surface area contributed by atoms with Crippen molar-refractivity contribution in [3.05, 3.63) is 0 Å². The van der Waals surface area contributed by atoms with Crippen LogP contribution in [-0.4, -0.2) is 29.9 Å². The third kappa shape index (κ3) is 4.46. The van der Waals surface area contributed by atoms with E-state index in [2.05, 4.69) is 48.6 Å². The van der Waals surface area contributed by atoms with Crippen molar-refractivity contribution in [1.82, 2.24) is 4.90 Å². The molecular weight excluding hydrogens is 214 g/mol. The predicted molar refractivity (Wildman–Crippen MR) is 60.0 cm³/mol. The van der Waals surface area contributed by atoms with E-state index >= 15 is 0 Å². The largest absolute Gasteiger partial charge is 0.303 e. The van der Waals surface area contributed by atoms with Crippen LogP contribution < -0.4 is 0 Å². The first-order valence-electron chi connectivity index (χ1n) is 4.91. The molecule has 0 aliphatic rings. The molecule has 0 aliphatic carbocycles. The summed E-state index contributed by atoms with van der Waals surface area (Å²) in [5, 5.41) is 1.13. The van der Waals surface area contributed by atoms with Crippen molar-refractivity contribution >= 4 is 15.9 Å². The van der Waals surface area contributed by atoms with Crippen molar-refractivity contribution < 1.29 is 0 Å². The fourth-order valence-electron chi connectivity index (χ4n) is 1.19. The molecule has 0 heterocycles. The van der Waals surface area contributed by atoms with Crippen LogP contribution in [0.3, 0.4) is 0 Å². The summed E-state index contributed by atoms with van der Waals surface area (Å²) < 4.78 is 0. The minimum absolute atomic E-state index is 0.720. The lowest BCUT2D eigenvalue weighted by atomic mass is 10.1. The smallest absolute Gasteiger partial charge is 0.00717 e. The van der Waals surface area contributed by atoms with Crippen LogP contribution in [0.5, 0.6) is 0 Å². The van der Waals surface area contributed by atoms with E-state index in [4.69, 9.17) is 0 Å². The maximum Gasteiger partial charge on any atom is 0.00717 e. The van der Waals surface area contributed by atoms with E-state index in [0.29, 0.717) is 0 Å². The number of alkyl halides is 1. The summed E-state index contributed by atoms with van der Waals surface area (Å²) in [6.45, 7) is 8.02. The van der Waals surface area contributed by atoms with Gasteiger partial charge < -0.3 is 4.90 Å². The number of halogens is 1. The third-order valence-corrected chi connectivity index (χ3v) is 3.60. The van der Waals surface area contributed by atoms with Crippen LogP contribution in [0.1, 0.15) is 33.6 Å². The van der Waals surface area contributed by atoms with Gasteiger partial charge in [-0.3, -0.25) is 0 Å². The quantitative estimate of drug-likeness (QED) is 0.640. The van der Waals surface area contributed by atoms with Crippen LogP contribution in [0, 0.1) is 5.92 Å². The van der Waals surface area contributed by atoms with Crippen molar-refractivity contribution in [3.63, 3.8) is 0 Å². The summed E-state index contributed by atoms with van der Waals surface area (Å²) in [6, 6.07) is 0.720. The molecule has 0 rings (SSSR count). The van der Waals surface area contributed by atoms with Crippen molar-refractivity contribution in [2.24, 2.45) is 5.92 Å². The van der Waals surface area contributed by atoms with Crippen LogP contribution in [0.2, 0.25) is 0 Å². The zero-order chi connectivity index (χ0) is 9.56. The van der Waals surface area contributed by atoms with Gasteiger partial charge in [0.1, 0.15) is 0 Å². The molecule has 0 aromatic rings. The first-order chi connectivity index (χ1) is 5.65. The van der Waals surface area contributed by atoms with E-state index in [-0.39, 0.29) is 0 Å². The van der Waals surface area contributed by atoms with Crippen LogP contribution in [-0.2, 0) is 0 Å². The van der Waals surface area contributed by atoms with Crippen LogP contribution in [0.4, 0.5) is 0 Å². The second kappa shape index (κ2) is 6.90. The van der Waals surface area contributed by atoms with Crippen molar-refractivity contribution in [3.8, 4) is 0 Å². The van der Waals surface area contributed by atoms with Gasteiger partial charge in [0.05, 0.1) is 0 Å². The van der Waals surface area contributed by atoms with E-state index in [1.54, 1.807) is 0 Å². The monoisotopic (exact) mass is 235 g/mol. The normalized spacial score (nSPS) is 16.5. The van der Waals surface area contributed by atoms with Gasteiger partial charge in [0, 0.05) is 17.9 Å². The van der Waals surface area contributed by atoms with Gasteiger partial charge in [-0.2, -0.15) is 0 Å². The summed E-state index contributed by atoms with van der Waals surface area (Å²) in [7, 11) is 2.22. The van der Waals surface area contributed by atoms with Gasteiger partial charge in [0.25, 0.3) is 0 Å². The molecule has 0 radical (unpaired) electrons. The van der Waals surface area contributed by atoms with Crippen LogP contribution >= 0.6 is 15.9 Å². The summed E-state index contributed by atoms with van der Waals surface area (Å²) >= 11 is 3.55. The molecule has 0 bridgehead atoms. The molecule has 1 nitrogen and oxygen atoms in total. The molecule has 0 aliphatic heterocycles. The molecule has 0 amide bonds. The number of nitrogens with zero attached hydrogens (tertiary/aromatic N) is 1. The van der Waals surface area contributed by atoms with E-state index in [1.807, 2.05) is 0 Å². The molecule has 0 saturated carbocycles. The van der Waals surface area contributed by atoms with Gasteiger partial charge in [-0.05, 0) is 26.3 Å². The van der Waals surface area contributed by atoms with Gasteiger partial charge in [-0.15, -0.1) is 0 Å². The molecule has 0 N–H and O–H groups in total. The molecule has 12 heavy (non-hydrogen) atoms. The standard InChI is InChI=1S/C10H22BrN/c1-5-9(3)12(4)8-10(6-2)7-11/h9-10H,5-8H2,1-4H3. The lowest BCUT2D eigenvalue weighted by Gasteiger charge is -2.27. The summed E-state index contributed by atoms with van der Waals surface area (Å²) in [4.78, 5) is 2.45. The second-order valence-electron chi connectivity index (χ2n) is 3.63. The molecule has 0 saturated heterocycles. The van der Waals surface area contributed by atoms with Gasteiger partial charge in [-0.1, -0.05) is 36.2 Å². The summed E-state index contributed by atoms with van der Waals surface area (Å²) in [5.41, 5.74) is 0. The zero-order valence-electron chi connectivity index (χ0n) is 8.81. The molecule has 2 unspecified atom stereocenters. The van der Waals surface area contributed by atoms with Crippen molar-refractivity contribution in [1.29, 1.82) is 0 Å². The second-order valence-corrected chi connectivity index (χ2v) is 4.27. The van der Waals surface area contributed by atoms with Crippen LogP contribution in [0.15, 0.2) is 0 Å². The van der Waals surface area contributed by atoms with E-state index in [1.165, 1.54) is 19.4 Å². The molecule has 0 fully saturated rings. The number of hydrogen-bond donors (Lipinski definition) is 0. The summed E-state index contributed by atoms with van der Waals surface area (Å²) in [6.07, 6.45) is 2.52. The Morgan fingerprint density at radius 1 is 1.25 bits per heavy atom. The highest BCUT2D eigenvalue weighted by Crippen LogP contribution is 2.10. The molecule has 0 spiro atoms. The Hall–Kier alpha value is 0.440. The highest BCUT2D eigenvalue weighted by molar-refractivity contribution is 9.09. The van der Waals surface area contributed by atoms with E-state index in [0.717, 1.165) is 17.3 Å². The average Bonchev–Trinajstić information content (AvgIpc) is 2.12. The van der Waals surface area contributed by atoms with Gasteiger partial charge in [-0.25, -0.2) is 0 Å². The summed E-state index contributed by atoms with van der Waals surface area (Å²) in [5.74, 6) is 0.809. The lowest BCUT2D eigenvalue weighted by molar-refractivity contribution is 0.219. The topological polar surface area (TPSA) is 3.24 Å². The maximum atomic E-state index is 3.55. The van der Waals surface area contributed by atoms with Crippen molar-refractivity contribution in [2.45, 2.75) is 39.7 Å². The first kappa shape index (κ1) is 12.4. The Kier molecular flexibility index (Phi) is 7.16. The highest BCUT2D eigenvalue weighted by atomic mass is 79.9. The number of rotatable bonds is 6. The Labute approximate surface area is 85.7 Å².